The first-order valence-electron chi connectivity index (χ1n) is 18.0. The molecule has 2 aromatic rings. The normalized spacial score (nSPS) is 32.2. The van der Waals surface area contributed by atoms with Gasteiger partial charge in [-0.1, -0.05) is 19.9 Å². The fraction of sp³-hybridized carbons (Fsp3) is 0.676. The molecule has 4 fully saturated rings. The van der Waals surface area contributed by atoms with Crippen molar-refractivity contribution >= 4 is 41.2 Å². The molecule has 0 radical (unpaired) electrons. The van der Waals surface area contributed by atoms with Crippen LogP contribution in [-0.4, -0.2) is 59.7 Å². The molecule has 2 saturated heterocycles. The summed E-state index contributed by atoms with van der Waals surface area (Å²) < 4.78 is 9.37. The largest absolute Gasteiger partial charge is 0.370 e. The van der Waals surface area contributed by atoms with Gasteiger partial charge >= 0.3 is 0 Å². The van der Waals surface area contributed by atoms with Gasteiger partial charge in [0.25, 0.3) is 11.8 Å². The highest BCUT2D eigenvalue weighted by molar-refractivity contribution is 7.97. The molecule has 4 unspecified atom stereocenters. The lowest BCUT2D eigenvalue weighted by Gasteiger charge is -2.50. The molecule has 7 rings (SSSR count). The second-order valence-corrected chi connectivity index (χ2v) is 16.9. The van der Waals surface area contributed by atoms with Gasteiger partial charge in [-0.05, 0) is 125 Å². The number of fused-ring (bicyclic) bond motifs is 8. The van der Waals surface area contributed by atoms with Gasteiger partial charge in [-0.2, -0.15) is 0 Å². The van der Waals surface area contributed by atoms with E-state index in [0.717, 1.165) is 67.4 Å². The molecule has 2 amide bonds. The molecule has 47 heavy (non-hydrogen) atoms. The number of nitrogens with zero attached hydrogens (tertiary/aromatic N) is 4. The fourth-order valence-corrected chi connectivity index (χ4v) is 10.5. The van der Waals surface area contributed by atoms with E-state index in [0.29, 0.717) is 48.1 Å². The molecule has 2 N–H and O–H groups in total. The summed E-state index contributed by atoms with van der Waals surface area (Å²) in [5.74, 6) is 4.72. The van der Waals surface area contributed by atoms with Gasteiger partial charge in [0, 0.05) is 50.1 Å². The van der Waals surface area contributed by atoms with Crippen molar-refractivity contribution in [2.75, 3.05) is 41.4 Å². The number of rotatable bonds is 5. The standard InChI is InChI=1S/C37H52N6O3S/c1-24-17-27-18-25(2)20-37(19-24,22-27)13-16-46-29-12-15-42(35(29)45)31-11-10-28-33(40-31)43-23-26(21-36(43,3)4)7-6-14-38-30-8-5-9-32(39-30)47-41-34(28)44/h5,8-11,24-27,29H,6-7,12-23H2,1-4H3,(H,38,39)(H,41,44). The number of nitrogens with one attached hydrogen (secondary N) is 2. The maximum Gasteiger partial charge on any atom is 0.265 e. The van der Waals surface area contributed by atoms with Crippen LogP contribution in [0.25, 0.3) is 0 Å². The molecule has 5 aliphatic rings. The first-order valence-corrected chi connectivity index (χ1v) is 18.8. The van der Waals surface area contributed by atoms with E-state index in [4.69, 9.17) is 9.72 Å². The summed E-state index contributed by atoms with van der Waals surface area (Å²) in [6.45, 7) is 12.2. The Morgan fingerprint density at radius 3 is 2.60 bits per heavy atom. The topological polar surface area (TPSA) is 99.7 Å². The minimum atomic E-state index is -0.437. The Kier molecular flexibility index (Phi) is 9.19. The average Bonchev–Trinajstić information content (AvgIpc) is 3.54. The zero-order chi connectivity index (χ0) is 32.8. The number of amides is 2. The van der Waals surface area contributed by atoms with Crippen LogP contribution in [0.15, 0.2) is 35.4 Å². The predicted molar refractivity (Wildman–Crippen MR) is 188 cm³/mol. The Labute approximate surface area is 284 Å². The number of ether oxygens (including phenoxy) is 1. The van der Waals surface area contributed by atoms with E-state index in [1.54, 1.807) is 4.90 Å². The van der Waals surface area contributed by atoms with Crippen molar-refractivity contribution in [1.29, 1.82) is 0 Å². The summed E-state index contributed by atoms with van der Waals surface area (Å²) in [6.07, 6.45) is 11.1. The van der Waals surface area contributed by atoms with Gasteiger partial charge < -0.3 is 15.0 Å². The SMILES string of the molecule is CC1CC2CC(C)CC(CCOC3CCN(c4ccc5c(n4)N4CC(CCCNc6cccc(n6)SNC5=O)CC4(C)C)C3=O)(C1)C2. The molecule has 2 saturated carbocycles. The number of pyridine rings is 2. The zero-order valence-corrected chi connectivity index (χ0v) is 29.4. The van der Waals surface area contributed by atoms with E-state index in [-0.39, 0.29) is 17.4 Å². The molecule has 9 nitrogen and oxygen atoms in total. The molecule has 2 aromatic heterocycles. The van der Waals surface area contributed by atoms with Crippen LogP contribution in [-0.2, 0) is 9.53 Å². The summed E-state index contributed by atoms with van der Waals surface area (Å²) in [5.41, 5.74) is 0.709. The van der Waals surface area contributed by atoms with E-state index in [1.165, 1.54) is 44.1 Å². The Morgan fingerprint density at radius 2 is 1.79 bits per heavy atom. The van der Waals surface area contributed by atoms with Crippen molar-refractivity contribution in [3.05, 3.63) is 35.9 Å². The smallest absolute Gasteiger partial charge is 0.265 e. The highest BCUT2D eigenvalue weighted by Crippen LogP contribution is 2.54. The maximum absolute atomic E-state index is 13.8. The van der Waals surface area contributed by atoms with Crippen LogP contribution < -0.4 is 19.8 Å². The van der Waals surface area contributed by atoms with Crippen LogP contribution in [0.3, 0.4) is 0 Å². The second kappa shape index (κ2) is 13.2. The third kappa shape index (κ3) is 7.00. The van der Waals surface area contributed by atoms with Crippen molar-refractivity contribution < 1.29 is 14.3 Å². The highest BCUT2D eigenvalue weighted by Gasteiger charge is 2.45. The lowest BCUT2D eigenvalue weighted by molar-refractivity contribution is -0.128. The molecular weight excluding hydrogens is 609 g/mol. The minimum absolute atomic E-state index is 0.0176. The summed E-state index contributed by atoms with van der Waals surface area (Å²) >= 11 is 1.21. The second-order valence-electron chi connectivity index (χ2n) is 16.0. The van der Waals surface area contributed by atoms with Gasteiger partial charge in [-0.15, -0.1) is 0 Å². The van der Waals surface area contributed by atoms with Crippen LogP contribution in [0.5, 0.6) is 0 Å². The first kappa shape index (κ1) is 32.7. The molecule has 10 heteroatoms. The summed E-state index contributed by atoms with van der Waals surface area (Å²) in [7, 11) is 0. The Bertz CT molecular complexity index is 1460. The quantitative estimate of drug-likeness (QED) is 0.328. The van der Waals surface area contributed by atoms with Gasteiger partial charge in [-0.25, -0.2) is 9.97 Å². The molecule has 6 bridgehead atoms. The molecule has 254 valence electrons. The van der Waals surface area contributed by atoms with Crippen molar-refractivity contribution in [2.45, 2.75) is 109 Å². The first-order chi connectivity index (χ1) is 22.6. The summed E-state index contributed by atoms with van der Waals surface area (Å²) in [5, 5.41) is 4.16. The lowest BCUT2D eigenvalue weighted by Crippen LogP contribution is -2.41. The molecule has 4 atom stereocenters. The predicted octanol–water partition coefficient (Wildman–Crippen LogP) is 7.09. The average molecular weight is 661 g/mol. The van der Waals surface area contributed by atoms with Crippen molar-refractivity contribution in [2.24, 2.45) is 29.1 Å². The molecule has 2 aliphatic carbocycles. The number of aromatic nitrogens is 2. The third-order valence-corrected chi connectivity index (χ3v) is 12.3. The molecule has 0 aromatic carbocycles. The van der Waals surface area contributed by atoms with Gasteiger partial charge in [0.1, 0.15) is 28.6 Å². The van der Waals surface area contributed by atoms with E-state index < -0.39 is 6.10 Å². The fourth-order valence-electron chi connectivity index (χ4n) is 9.92. The summed E-state index contributed by atoms with van der Waals surface area (Å²) in [4.78, 5) is 41.3. The van der Waals surface area contributed by atoms with Gasteiger partial charge in [-0.3, -0.25) is 19.2 Å². The minimum Gasteiger partial charge on any atom is -0.370 e. The monoisotopic (exact) mass is 660 g/mol. The van der Waals surface area contributed by atoms with Crippen molar-refractivity contribution in [1.82, 2.24) is 14.7 Å². The van der Waals surface area contributed by atoms with Gasteiger partial charge in [0.2, 0.25) is 0 Å². The zero-order valence-electron chi connectivity index (χ0n) is 28.6. The van der Waals surface area contributed by atoms with Crippen LogP contribution in [0.1, 0.15) is 102 Å². The number of hydrogen-bond acceptors (Lipinski definition) is 8. The van der Waals surface area contributed by atoms with Crippen LogP contribution in [0, 0.1) is 29.1 Å². The Balaban J connectivity index is 1.08. The maximum atomic E-state index is 13.8. The number of hydrogen-bond donors (Lipinski definition) is 2. The van der Waals surface area contributed by atoms with E-state index in [1.807, 2.05) is 30.3 Å². The molecular formula is C37H52N6O3S. The van der Waals surface area contributed by atoms with E-state index >= 15 is 0 Å². The summed E-state index contributed by atoms with van der Waals surface area (Å²) in [6, 6.07) is 9.47. The highest BCUT2D eigenvalue weighted by atomic mass is 32.2. The van der Waals surface area contributed by atoms with E-state index in [2.05, 4.69) is 47.6 Å². The van der Waals surface area contributed by atoms with Crippen molar-refractivity contribution in [3.8, 4) is 0 Å². The number of anilines is 3. The van der Waals surface area contributed by atoms with Crippen LogP contribution in [0.4, 0.5) is 17.5 Å². The van der Waals surface area contributed by atoms with Crippen LogP contribution >= 0.6 is 11.9 Å². The number of carbonyl (C=O) groups is 2. The lowest BCUT2D eigenvalue weighted by atomic mass is 9.56. The third-order valence-electron chi connectivity index (χ3n) is 11.5. The Morgan fingerprint density at radius 1 is 0.979 bits per heavy atom. The number of carbonyl (C=O) groups excluding carboxylic acids is 2. The van der Waals surface area contributed by atoms with Crippen LogP contribution in [0.2, 0.25) is 0 Å². The van der Waals surface area contributed by atoms with Gasteiger partial charge in [0.05, 0.1) is 5.56 Å². The van der Waals surface area contributed by atoms with E-state index in [9.17, 15) is 9.59 Å². The Hall–Kier alpha value is -2.85. The molecule has 0 spiro atoms. The van der Waals surface area contributed by atoms with Gasteiger partial charge in [0.15, 0.2) is 0 Å². The molecule has 5 heterocycles. The van der Waals surface area contributed by atoms with Crippen molar-refractivity contribution in [3.63, 3.8) is 0 Å². The molecule has 3 aliphatic heterocycles.